The van der Waals surface area contributed by atoms with Crippen molar-refractivity contribution >= 4 is 24.0 Å². The maximum absolute atomic E-state index is 12.9. The molecule has 240 valence electrons. The van der Waals surface area contributed by atoms with Gasteiger partial charge in [0.05, 0.1) is 29.9 Å². The number of ether oxygens (including phenoxy) is 7. The zero-order valence-corrected chi connectivity index (χ0v) is 25.5. The van der Waals surface area contributed by atoms with Crippen LogP contribution >= 0.6 is 0 Å². The Morgan fingerprint density at radius 2 is 1.06 bits per heavy atom. The average Bonchev–Trinajstić information content (AvgIpc) is 3.68. The summed E-state index contributed by atoms with van der Waals surface area (Å²) < 4.78 is 39.6. The van der Waals surface area contributed by atoms with Crippen LogP contribution in [0.1, 0.15) is 42.2 Å². The van der Waals surface area contributed by atoms with Crippen LogP contribution in [-0.2, 0) is 18.9 Å². The molecule has 0 bridgehead atoms. The average molecular weight is 637 g/mol. The van der Waals surface area contributed by atoms with Crippen molar-refractivity contribution in [2.45, 2.75) is 31.3 Å². The summed E-state index contributed by atoms with van der Waals surface area (Å²) in [5.74, 6) is -0.152. The molecule has 0 saturated carbocycles. The minimum atomic E-state index is -0.686. The first-order valence-electron chi connectivity index (χ1n) is 15.0. The Labute approximate surface area is 271 Å². The fourth-order valence-electron chi connectivity index (χ4n) is 5.11. The molecule has 2 fully saturated rings. The van der Waals surface area contributed by atoms with Gasteiger partial charge in [0.25, 0.3) is 0 Å². The highest BCUT2D eigenvalue weighted by atomic mass is 16.7. The van der Waals surface area contributed by atoms with E-state index in [1.54, 1.807) is 42.5 Å². The van der Waals surface area contributed by atoms with Crippen molar-refractivity contribution < 1.29 is 47.5 Å². The second-order valence-corrected chi connectivity index (χ2v) is 11.0. The van der Waals surface area contributed by atoms with Crippen molar-refractivity contribution in [1.82, 2.24) is 0 Å². The van der Waals surface area contributed by atoms with Crippen molar-refractivity contribution in [1.29, 1.82) is 0 Å². The fourth-order valence-corrected chi connectivity index (χ4v) is 5.11. The number of carbonyl (C=O) groups excluding carboxylic acids is 3. The van der Waals surface area contributed by atoms with Crippen molar-refractivity contribution in [3.8, 4) is 17.2 Å². The van der Waals surface area contributed by atoms with Crippen LogP contribution in [0.25, 0.3) is 6.08 Å². The summed E-state index contributed by atoms with van der Waals surface area (Å²) in [5.41, 5.74) is 3.04. The van der Waals surface area contributed by atoms with Crippen LogP contribution < -0.4 is 14.2 Å². The van der Waals surface area contributed by atoms with Gasteiger partial charge in [0.1, 0.15) is 29.5 Å². The Morgan fingerprint density at radius 1 is 0.638 bits per heavy atom. The first-order chi connectivity index (χ1) is 22.9. The van der Waals surface area contributed by atoms with Gasteiger partial charge in [0, 0.05) is 0 Å². The molecule has 10 nitrogen and oxygen atoms in total. The maximum Gasteiger partial charge on any atom is 0.343 e. The normalized spacial score (nSPS) is 19.7. The smallest absolute Gasteiger partial charge is 0.343 e. The molecule has 4 aromatic carbocycles. The van der Waals surface area contributed by atoms with Gasteiger partial charge in [-0.1, -0.05) is 42.5 Å². The lowest BCUT2D eigenvalue weighted by Gasteiger charge is -2.17. The highest BCUT2D eigenvalue weighted by Gasteiger charge is 2.51. The predicted octanol–water partition coefficient (Wildman–Crippen LogP) is 5.82. The molecule has 2 aliphatic heterocycles. The van der Waals surface area contributed by atoms with Crippen LogP contribution in [0.5, 0.6) is 17.2 Å². The zero-order valence-electron chi connectivity index (χ0n) is 25.5. The van der Waals surface area contributed by atoms with E-state index in [2.05, 4.69) is 6.58 Å². The Hall–Kier alpha value is -5.45. The number of esters is 3. The largest absolute Gasteiger partial charge is 0.458 e. The second-order valence-electron chi connectivity index (χ2n) is 11.0. The van der Waals surface area contributed by atoms with E-state index in [0.29, 0.717) is 28.4 Å². The summed E-state index contributed by atoms with van der Waals surface area (Å²) in [7, 11) is 0. The first-order valence-corrected chi connectivity index (χ1v) is 15.0. The van der Waals surface area contributed by atoms with E-state index in [1.807, 2.05) is 43.3 Å². The summed E-state index contributed by atoms with van der Waals surface area (Å²) in [6.45, 7) is 5.84. The molecule has 0 aliphatic carbocycles. The Kier molecular flexibility index (Phi) is 9.61. The highest BCUT2D eigenvalue weighted by molar-refractivity contribution is 5.92. The SMILES string of the molecule is C=Cc1ccc(OCOc2ccc(C(=O)OC3COC4C(OC(=O)c5ccc(OC(=O)c6ccc(C)cc6)cc5)COC34)cc2)cc1. The molecule has 2 aliphatic rings. The molecule has 47 heavy (non-hydrogen) atoms. The number of fused-ring (bicyclic) bond motifs is 1. The van der Waals surface area contributed by atoms with Crippen LogP contribution in [-0.4, -0.2) is 62.3 Å². The molecule has 2 heterocycles. The summed E-state index contributed by atoms with van der Waals surface area (Å²) in [4.78, 5) is 38.1. The van der Waals surface area contributed by atoms with E-state index < -0.39 is 42.3 Å². The number of carbonyl (C=O) groups is 3. The number of rotatable bonds is 11. The van der Waals surface area contributed by atoms with Gasteiger partial charge in [-0.15, -0.1) is 0 Å². The monoisotopic (exact) mass is 636 g/mol. The highest BCUT2D eigenvalue weighted by Crippen LogP contribution is 2.32. The topological polar surface area (TPSA) is 116 Å². The number of hydrogen-bond acceptors (Lipinski definition) is 10. The summed E-state index contributed by atoms with van der Waals surface area (Å²) in [5, 5.41) is 0. The van der Waals surface area contributed by atoms with Crippen molar-refractivity contribution in [2.24, 2.45) is 0 Å². The second kappa shape index (κ2) is 14.3. The summed E-state index contributed by atoms with van der Waals surface area (Å²) >= 11 is 0. The third kappa shape index (κ3) is 7.69. The zero-order chi connectivity index (χ0) is 32.8. The Morgan fingerprint density at radius 3 is 1.55 bits per heavy atom. The van der Waals surface area contributed by atoms with Crippen LogP contribution in [0.4, 0.5) is 0 Å². The van der Waals surface area contributed by atoms with Crippen molar-refractivity contribution in [3.05, 3.63) is 131 Å². The van der Waals surface area contributed by atoms with E-state index >= 15 is 0 Å². The molecule has 0 aromatic heterocycles. The minimum absolute atomic E-state index is 0.00193. The Bertz CT molecular complexity index is 1710. The number of benzene rings is 4. The van der Waals surface area contributed by atoms with Crippen LogP contribution in [0, 0.1) is 6.92 Å². The molecular formula is C37H32O10. The molecule has 6 rings (SSSR count). The van der Waals surface area contributed by atoms with Gasteiger partial charge < -0.3 is 33.2 Å². The molecule has 2 saturated heterocycles. The lowest BCUT2D eigenvalue weighted by atomic mass is 10.1. The van der Waals surface area contributed by atoms with Crippen LogP contribution in [0.3, 0.4) is 0 Å². The summed E-state index contributed by atoms with van der Waals surface area (Å²) in [6.07, 6.45) is -0.779. The lowest BCUT2D eigenvalue weighted by Crippen LogP contribution is -2.36. The third-order valence-electron chi connectivity index (χ3n) is 7.72. The van der Waals surface area contributed by atoms with Gasteiger partial charge in [-0.2, -0.15) is 0 Å². The molecule has 0 radical (unpaired) electrons. The van der Waals surface area contributed by atoms with Gasteiger partial charge in [-0.3, -0.25) is 0 Å². The quantitative estimate of drug-likeness (QED) is 0.113. The van der Waals surface area contributed by atoms with E-state index in [0.717, 1.165) is 11.1 Å². The molecule has 4 unspecified atom stereocenters. The first kappa shape index (κ1) is 31.5. The third-order valence-corrected chi connectivity index (χ3v) is 7.72. The maximum atomic E-state index is 12.9. The van der Waals surface area contributed by atoms with E-state index in [9.17, 15) is 14.4 Å². The van der Waals surface area contributed by atoms with Crippen LogP contribution in [0.15, 0.2) is 104 Å². The van der Waals surface area contributed by atoms with Gasteiger partial charge >= 0.3 is 17.9 Å². The standard InChI is InChI=1S/C37H32O10/c1-3-24-6-14-28(15-7-24)43-22-44-29-16-10-26(11-17-29)36(39)46-31-20-41-34-32(21-42-33(31)34)47-37(40)27-12-18-30(19-13-27)45-35(38)25-8-4-23(2)5-9-25/h3-19,31-34H,1,20-22H2,2H3. The molecular weight excluding hydrogens is 604 g/mol. The summed E-state index contributed by atoms with van der Waals surface area (Å²) in [6, 6.07) is 27.0. The lowest BCUT2D eigenvalue weighted by molar-refractivity contribution is -0.0287. The van der Waals surface area contributed by atoms with Gasteiger partial charge in [-0.25, -0.2) is 14.4 Å². The van der Waals surface area contributed by atoms with Crippen LogP contribution in [0.2, 0.25) is 0 Å². The van der Waals surface area contributed by atoms with Gasteiger partial charge in [0.2, 0.25) is 6.79 Å². The predicted molar refractivity (Wildman–Crippen MR) is 170 cm³/mol. The van der Waals surface area contributed by atoms with Crippen molar-refractivity contribution in [3.63, 3.8) is 0 Å². The Balaban J connectivity index is 0.954. The number of hydrogen-bond donors (Lipinski definition) is 0. The molecule has 0 amide bonds. The van der Waals surface area contributed by atoms with E-state index in [4.69, 9.17) is 33.2 Å². The van der Waals surface area contributed by atoms with Crippen molar-refractivity contribution in [2.75, 3.05) is 20.0 Å². The molecule has 0 N–H and O–H groups in total. The number of aryl methyl sites for hydroxylation is 1. The minimum Gasteiger partial charge on any atom is -0.458 e. The fraction of sp³-hybridized carbons (Fsp3) is 0.216. The van der Waals surface area contributed by atoms with E-state index in [1.165, 1.54) is 24.3 Å². The molecule has 10 heteroatoms. The van der Waals surface area contributed by atoms with Gasteiger partial charge in [-0.05, 0) is 85.3 Å². The van der Waals surface area contributed by atoms with Gasteiger partial charge in [0.15, 0.2) is 12.2 Å². The molecule has 4 aromatic rings. The molecule has 4 atom stereocenters. The van der Waals surface area contributed by atoms with E-state index in [-0.39, 0.29) is 25.6 Å². The molecule has 0 spiro atoms.